The number of nitrogens with one attached hydrogen (secondary N) is 1. The van der Waals surface area contributed by atoms with Gasteiger partial charge in [0.25, 0.3) is 0 Å². The number of hydrogen-bond donors (Lipinski definition) is 1. The van der Waals surface area contributed by atoms with Crippen LogP contribution in [0.25, 0.3) is 0 Å². The lowest BCUT2D eigenvalue weighted by atomic mass is 9.93. The first-order valence-corrected chi connectivity index (χ1v) is 5.71. The lowest BCUT2D eigenvalue weighted by molar-refractivity contribution is 0.359. The van der Waals surface area contributed by atoms with E-state index in [9.17, 15) is 0 Å². The summed E-state index contributed by atoms with van der Waals surface area (Å²) in [5, 5.41) is 3.57. The van der Waals surface area contributed by atoms with E-state index in [1.807, 2.05) is 18.2 Å². The van der Waals surface area contributed by atoms with Crippen LogP contribution in [0.2, 0.25) is 0 Å². The fourth-order valence-electron chi connectivity index (χ4n) is 1.78. The zero-order valence-electron chi connectivity index (χ0n) is 10.1. The van der Waals surface area contributed by atoms with Crippen LogP contribution in [0.15, 0.2) is 55.6 Å². The molecule has 1 heteroatoms. The van der Waals surface area contributed by atoms with E-state index in [0.29, 0.717) is 0 Å². The third kappa shape index (κ3) is 4.03. The SMILES string of the molecule is C=CCC(C)(CC=C)NCc1ccccc1. The van der Waals surface area contributed by atoms with Crippen molar-refractivity contribution in [1.29, 1.82) is 0 Å². The average Bonchev–Trinajstić information content (AvgIpc) is 2.29. The lowest BCUT2D eigenvalue weighted by Crippen LogP contribution is -2.40. The highest BCUT2D eigenvalue weighted by atomic mass is 15.0. The normalized spacial score (nSPS) is 11.1. The van der Waals surface area contributed by atoms with E-state index >= 15 is 0 Å². The molecule has 1 rings (SSSR count). The first-order chi connectivity index (χ1) is 7.70. The molecule has 0 heterocycles. The standard InChI is InChI=1S/C15H21N/c1-4-11-15(3,12-5-2)16-13-14-9-7-6-8-10-14/h4-10,16H,1-2,11-13H2,3H3. The molecule has 1 aromatic rings. The molecule has 0 aliphatic carbocycles. The summed E-state index contributed by atoms with van der Waals surface area (Å²) in [5.41, 5.74) is 1.38. The summed E-state index contributed by atoms with van der Waals surface area (Å²) < 4.78 is 0. The average molecular weight is 215 g/mol. The van der Waals surface area contributed by atoms with Gasteiger partial charge in [-0.3, -0.25) is 0 Å². The summed E-state index contributed by atoms with van der Waals surface area (Å²) >= 11 is 0. The topological polar surface area (TPSA) is 12.0 Å². The lowest BCUT2D eigenvalue weighted by Gasteiger charge is -2.29. The predicted octanol–water partition coefficient (Wildman–Crippen LogP) is 3.69. The molecule has 0 bridgehead atoms. The minimum atomic E-state index is 0.0688. The first kappa shape index (κ1) is 12.7. The quantitative estimate of drug-likeness (QED) is 0.684. The number of hydrogen-bond acceptors (Lipinski definition) is 1. The van der Waals surface area contributed by atoms with Crippen molar-refractivity contribution >= 4 is 0 Å². The van der Waals surface area contributed by atoms with Gasteiger partial charge in [-0.15, -0.1) is 13.2 Å². The van der Waals surface area contributed by atoms with E-state index in [2.05, 4.69) is 49.7 Å². The molecule has 0 saturated carbocycles. The number of benzene rings is 1. The van der Waals surface area contributed by atoms with Gasteiger partial charge in [0, 0.05) is 12.1 Å². The molecule has 0 atom stereocenters. The van der Waals surface area contributed by atoms with Crippen LogP contribution in [0, 0.1) is 0 Å². The summed E-state index contributed by atoms with van der Waals surface area (Å²) in [6, 6.07) is 10.4. The molecule has 0 unspecified atom stereocenters. The van der Waals surface area contributed by atoms with Gasteiger partial charge < -0.3 is 5.32 Å². The summed E-state index contributed by atoms with van der Waals surface area (Å²) in [5.74, 6) is 0. The second-order valence-corrected chi connectivity index (χ2v) is 4.39. The van der Waals surface area contributed by atoms with Crippen molar-refractivity contribution in [3.8, 4) is 0 Å². The Bertz CT molecular complexity index is 317. The van der Waals surface area contributed by atoms with Crippen LogP contribution >= 0.6 is 0 Å². The minimum absolute atomic E-state index is 0.0688. The molecular formula is C15H21N. The van der Waals surface area contributed by atoms with E-state index in [1.54, 1.807) is 0 Å². The van der Waals surface area contributed by atoms with Gasteiger partial charge in [-0.25, -0.2) is 0 Å². The summed E-state index contributed by atoms with van der Waals surface area (Å²) in [6.45, 7) is 10.7. The Kier molecular flexibility index (Phi) is 5.00. The zero-order valence-corrected chi connectivity index (χ0v) is 10.1. The van der Waals surface area contributed by atoms with Gasteiger partial charge >= 0.3 is 0 Å². The van der Waals surface area contributed by atoms with Gasteiger partial charge in [-0.2, -0.15) is 0 Å². The third-order valence-electron chi connectivity index (χ3n) is 2.75. The zero-order chi connectivity index (χ0) is 11.9. The van der Waals surface area contributed by atoms with Crippen molar-refractivity contribution in [2.24, 2.45) is 0 Å². The monoisotopic (exact) mass is 215 g/mol. The molecule has 0 radical (unpaired) electrons. The predicted molar refractivity (Wildman–Crippen MR) is 71.3 cm³/mol. The first-order valence-electron chi connectivity index (χ1n) is 5.71. The Morgan fingerprint density at radius 3 is 2.19 bits per heavy atom. The highest BCUT2D eigenvalue weighted by Gasteiger charge is 2.19. The largest absolute Gasteiger partial charge is 0.307 e. The smallest absolute Gasteiger partial charge is 0.0225 e. The van der Waals surface area contributed by atoms with E-state index < -0.39 is 0 Å². The molecule has 0 saturated heterocycles. The molecule has 0 aliphatic heterocycles. The Balaban J connectivity index is 2.56. The van der Waals surface area contributed by atoms with Gasteiger partial charge in [0.2, 0.25) is 0 Å². The Morgan fingerprint density at radius 1 is 1.12 bits per heavy atom. The van der Waals surface area contributed by atoms with Crippen molar-refractivity contribution in [3.05, 3.63) is 61.2 Å². The van der Waals surface area contributed by atoms with Crippen LogP contribution in [0.3, 0.4) is 0 Å². The van der Waals surface area contributed by atoms with Crippen LogP contribution in [0.1, 0.15) is 25.3 Å². The van der Waals surface area contributed by atoms with Gasteiger partial charge in [0.05, 0.1) is 0 Å². The van der Waals surface area contributed by atoms with Crippen molar-refractivity contribution < 1.29 is 0 Å². The maximum atomic E-state index is 3.81. The molecule has 16 heavy (non-hydrogen) atoms. The fraction of sp³-hybridized carbons (Fsp3) is 0.333. The molecule has 86 valence electrons. The number of rotatable bonds is 7. The molecule has 0 aliphatic rings. The van der Waals surface area contributed by atoms with Crippen LogP contribution in [0.5, 0.6) is 0 Å². The van der Waals surface area contributed by atoms with Crippen molar-refractivity contribution in [1.82, 2.24) is 5.32 Å². The molecule has 0 amide bonds. The summed E-state index contributed by atoms with van der Waals surface area (Å²) in [7, 11) is 0. The highest BCUT2D eigenvalue weighted by molar-refractivity contribution is 5.15. The Labute approximate surface area is 98.9 Å². The Morgan fingerprint density at radius 2 is 1.69 bits per heavy atom. The van der Waals surface area contributed by atoms with Crippen LogP contribution in [0.4, 0.5) is 0 Å². The molecule has 0 spiro atoms. The van der Waals surface area contributed by atoms with E-state index in [-0.39, 0.29) is 5.54 Å². The third-order valence-corrected chi connectivity index (χ3v) is 2.75. The van der Waals surface area contributed by atoms with E-state index in [1.165, 1.54) is 5.56 Å². The van der Waals surface area contributed by atoms with Crippen LogP contribution in [-0.2, 0) is 6.54 Å². The second kappa shape index (κ2) is 6.29. The maximum Gasteiger partial charge on any atom is 0.0225 e. The second-order valence-electron chi connectivity index (χ2n) is 4.39. The molecule has 0 fully saturated rings. The van der Waals surface area contributed by atoms with Crippen molar-refractivity contribution in [2.45, 2.75) is 31.8 Å². The van der Waals surface area contributed by atoms with Gasteiger partial charge in [-0.1, -0.05) is 42.5 Å². The molecular weight excluding hydrogens is 194 g/mol. The Hall–Kier alpha value is -1.34. The van der Waals surface area contributed by atoms with Crippen LogP contribution in [-0.4, -0.2) is 5.54 Å². The molecule has 1 aromatic carbocycles. The van der Waals surface area contributed by atoms with E-state index in [4.69, 9.17) is 0 Å². The van der Waals surface area contributed by atoms with E-state index in [0.717, 1.165) is 19.4 Å². The summed E-state index contributed by atoms with van der Waals surface area (Å²) in [6.07, 6.45) is 5.82. The highest BCUT2D eigenvalue weighted by Crippen LogP contribution is 2.16. The van der Waals surface area contributed by atoms with Gasteiger partial charge in [0.1, 0.15) is 0 Å². The van der Waals surface area contributed by atoms with Crippen LogP contribution < -0.4 is 5.32 Å². The minimum Gasteiger partial charge on any atom is -0.307 e. The maximum absolute atomic E-state index is 3.81. The van der Waals surface area contributed by atoms with Gasteiger partial charge in [-0.05, 0) is 25.3 Å². The molecule has 1 nitrogen and oxygen atoms in total. The van der Waals surface area contributed by atoms with Crippen molar-refractivity contribution in [2.75, 3.05) is 0 Å². The summed E-state index contributed by atoms with van der Waals surface area (Å²) in [4.78, 5) is 0. The van der Waals surface area contributed by atoms with Gasteiger partial charge in [0.15, 0.2) is 0 Å². The molecule has 1 N–H and O–H groups in total. The fourth-order valence-corrected chi connectivity index (χ4v) is 1.78. The molecule has 0 aromatic heterocycles. The van der Waals surface area contributed by atoms with Crippen molar-refractivity contribution in [3.63, 3.8) is 0 Å².